The molecule has 4 rings (SSSR count). The molecule has 4 aromatic rings. The molecule has 0 aliphatic carbocycles. The van der Waals surface area contributed by atoms with Crippen LogP contribution in [0.4, 0.5) is 32.3 Å². The van der Waals surface area contributed by atoms with Gasteiger partial charge < -0.3 is 19.1 Å². The fourth-order valence-corrected chi connectivity index (χ4v) is 5.15. The van der Waals surface area contributed by atoms with Crippen molar-refractivity contribution < 1.29 is 45.3 Å². The van der Waals surface area contributed by atoms with E-state index in [1.54, 1.807) is 45.9 Å². The second kappa shape index (κ2) is 16.4. The van der Waals surface area contributed by atoms with E-state index in [-0.39, 0.29) is 71.5 Å². The molecule has 0 bridgehead atoms. The van der Waals surface area contributed by atoms with Gasteiger partial charge in [-0.15, -0.1) is 0 Å². The first-order chi connectivity index (χ1) is 24.8. The van der Waals surface area contributed by atoms with Crippen molar-refractivity contribution in [2.45, 2.75) is 71.6 Å². The van der Waals surface area contributed by atoms with Crippen molar-refractivity contribution >= 4 is 17.5 Å². The third-order valence-corrected chi connectivity index (χ3v) is 7.50. The Hall–Kier alpha value is -5.65. The molecule has 9 nitrogen and oxygen atoms in total. The maximum absolute atomic E-state index is 14.1. The summed E-state index contributed by atoms with van der Waals surface area (Å²) in [5.74, 6) is -0.0100. The van der Waals surface area contributed by atoms with Crippen LogP contribution < -0.4 is 14.4 Å². The molecule has 2 heterocycles. The molecule has 0 spiro atoms. The minimum absolute atomic E-state index is 0.0240. The zero-order valence-electron chi connectivity index (χ0n) is 29.7. The van der Waals surface area contributed by atoms with E-state index < -0.39 is 35.0 Å². The normalized spacial score (nSPS) is 11.8. The number of aromatic nitrogens is 3. The van der Waals surface area contributed by atoms with E-state index in [2.05, 4.69) is 21.5 Å². The summed E-state index contributed by atoms with van der Waals surface area (Å²) >= 11 is 0. The molecule has 0 saturated heterocycles. The minimum atomic E-state index is -4.78. The molecule has 0 atom stereocenters. The van der Waals surface area contributed by atoms with Gasteiger partial charge in [0.05, 0.1) is 54.6 Å². The zero-order valence-corrected chi connectivity index (χ0v) is 29.7. The quantitative estimate of drug-likeness (QED) is 0.0753. The minimum Gasteiger partial charge on any atom is -0.494 e. The molecule has 0 saturated carbocycles. The first-order valence-corrected chi connectivity index (χ1v) is 16.2. The van der Waals surface area contributed by atoms with Crippen LogP contribution in [0.5, 0.6) is 11.5 Å². The van der Waals surface area contributed by atoms with Crippen molar-refractivity contribution in [1.82, 2.24) is 15.0 Å². The van der Waals surface area contributed by atoms with Crippen LogP contribution in [0, 0.1) is 11.3 Å². The van der Waals surface area contributed by atoms with E-state index in [0.717, 1.165) is 18.2 Å². The van der Waals surface area contributed by atoms with Gasteiger partial charge >= 0.3 is 18.3 Å². The van der Waals surface area contributed by atoms with E-state index in [4.69, 9.17) is 14.2 Å². The topological polar surface area (TPSA) is 110 Å². The van der Waals surface area contributed by atoms with E-state index in [1.807, 2.05) is 0 Å². The molecule has 0 radical (unpaired) electrons. The summed E-state index contributed by atoms with van der Waals surface area (Å²) in [6, 6.07) is 10.8. The lowest BCUT2D eigenvalue weighted by Gasteiger charge is -2.26. The third kappa shape index (κ3) is 11.2. The Labute approximate surface area is 302 Å². The van der Waals surface area contributed by atoms with Gasteiger partial charge in [0.1, 0.15) is 17.0 Å². The highest BCUT2D eigenvalue weighted by molar-refractivity contribution is 5.73. The number of hydrogen-bond acceptors (Lipinski definition) is 9. The number of allylic oxidation sites excluding steroid dienone is 1. The van der Waals surface area contributed by atoms with Crippen molar-refractivity contribution in [3.8, 4) is 28.8 Å². The summed E-state index contributed by atoms with van der Waals surface area (Å²) in [4.78, 5) is 26.6. The number of esters is 1. The van der Waals surface area contributed by atoms with Crippen molar-refractivity contribution in [1.29, 1.82) is 5.26 Å². The number of ether oxygens (including phenoxy) is 3. The highest BCUT2D eigenvalue weighted by Crippen LogP contribution is 2.38. The SMILES string of the molecule is C=C(C)c1ccc(OC)c(-c2ccc(C(F)(F)F)cc2CN(Cc2cc(C#N)cc(C(F)(F)F)c2)c2ncc(OCCCC(=O)OC(C)(C)C)cn2)n1. The molecule has 0 N–H and O–H groups in total. The van der Waals surface area contributed by atoms with Crippen LogP contribution in [0.15, 0.2) is 67.5 Å². The molecular weight excluding hydrogens is 704 g/mol. The lowest BCUT2D eigenvalue weighted by molar-refractivity contribution is -0.155. The van der Waals surface area contributed by atoms with E-state index in [9.17, 15) is 36.4 Å². The molecule has 15 heteroatoms. The van der Waals surface area contributed by atoms with Crippen LogP contribution in [0.2, 0.25) is 0 Å². The van der Waals surface area contributed by atoms with Gasteiger partial charge in [-0.2, -0.15) is 31.6 Å². The van der Waals surface area contributed by atoms with Gasteiger partial charge in [-0.1, -0.05) is 12.6 Å². The lowest BCUT2D eigenvalue weighted by Crippen LogP contribution is -2.25. The first kappa shape index (κ1) is 40.1. The molecule has 53 heavy (non-hydrogen) atoms. The van der Waals surface area contributed by atoms with Gasteiger partial charge in [0, 0.05) is 25.1 Å². The number of pyridine rings is 1. The third-order valence-electron chi connectivity index (χ3n) is 7.50. The maximum atomic E-state index is 14.1. The van der Waals surface area contributed by atoms with Gasteiger partial charge in [0.25, 0.3) is 0 Å². The molecule has 2 aromatic carbocycles. The van der Waals surface area contributed by atoms with E-state index in [1.165, 1.54) is 36.5 Å². The number of benzene rings is 2. The average Bonchev–Trinajstić information content (AvgIpc) is 3.08. The molecule has 0 fully saturated rings. The maximum Gasteiger partial charge on any atom is 0.416 e. The summed E-state index contributed by atoms with van der Waals surface area (Å²) in [7, 11) is 1.38. The monoisotopic (exact) mass is 741 g/mol. The second-order valence-corrected chi connectivity index (χ2v) is 13.0. The van der Waals surface area contributed by atoms with Crippen LogP contribution >= 0.6 is 0 Å². The highest BCUT2D eigenvalue weighted by Gasteiger charge is 2.33. The number of nitrogens with zero attached hydrogens (tertiary/aromatic N) is 5. The molecule has 2 aromatic heterocycles. The number of anilines is 1. The Morgan fingerprint density at radius 3 is 2.19 bits per heavy atom. The molecular formula is C38H37F6N5O4. The zero-order chi connectivity index (χ0) is 39.1. The van der Waals surface area contributed by atoms with Gasteiger partial charge in [0.15, 0.2) is 5.75 Å². The second-order valence-electron chi connectivity index (χ2n) is 13.0. The van der Waals surface area contributed by atoms with Gasteiger partial charge in [-0.05, 0) is 93.3 Å². The van der Waals surface area contributed by atoms with E-state index in [0.29, 0.717) is 23.8 Å². The Morgan fingerprint density at radius 1 is 0.925 bits per heavy atom. The number of hydrogen-bond donors (Lipinski definition) is 0. The number of carbonyl (C=O) groups is 1. The molecule has 0 aliphatic rings. The summed E-state index contributed by atoms with van der Waals surface area (Å²) < 4.78 is 100. The average molecular weight is 742 g/mol. The van der Waals surface area contributed by atoms with Crippen LogP contribution in [-0.4, -0.2) is 40.2 Å². The molecule has 0 amide bonds. The van der Waals surface area contributed by atoms with Crippen LogP contribution in [0.3, 0.4) is 0 Å². The predicted molar refractivity (Wildman–Crippen MR) is 185 cm³/mol. The van der Waals surface area contributed by atoms with Crippen molar-refractivity contribution in [2.75, 3.05) is 18.6 Å². The standard InChI is InChI=1S/C38H37F6N5O4/c1-23(2)31-11-12-32(51-6)34(48-31)30-10-9-27(37(39,40)41)17-26(30)22-49(21-25-14-24(18-45)15-28(16-25)38(42,43)44)35-46-19-29(20-47-35)52-13-7-8-33(50)53-36(3,4)5/h9-12,14-17,19-20H,1,7-8,13,21-22H2,2-6H3. The van der Waals surface area contributed by atoms with Crippen LogP contribution in [-0.2, 0) is 35.0 Å². The fourth-order valence-electron chi connectivity index (χ4n) is 5.15. The van der Waals surface area contributed by atoms with Crippen molar-refractivity contribution in [3.63, 3.8) is 0 Å². The summed E-state index contributed by atoms with van der Waals surface area (Å²) in [6.45, 7) is 10.3. The fraction of sp³-hybridized carbons (Fsp3) is 0.342. The Balaban J connectivity index is 1.77. The predicted octanol–water partition coefficient (Wildman–Crippen LogP) is 9.20. The summed E-state index contributed by atoms with van der Waals surface area (Å²) in [6.07, 6.45) is -6.51. The van der Waals surface area contributed by atoms with Gasteiger partial charge in [0.2, 0.25) is 5.95 Å². The van der Waals surface area contributed by atoms with Crippen molar-refractivity contribution in [2.24, 2.45) is 0 Å². The number of alkyl halides is 6. The van der Waals surface area contributed by atoms with Crippen LogP contribution in [0.25, 0.3) is 16.8 Å². The largest absolute Gasteiger partial charge is 0.494 e. The lowest BCUT2D eigenvalue weighted by atomic mass is 9.98. The van der Waals surface area contributed by atoms with Crippen LogP contribution in [0.1, 0.15) is 74.0 Å². The smallest absolute Gasteiger partial charge is 0.416 e. The number of halogens is 6. The molecule has 0 aliphatic heterocycles. The Kier molecular flexibility index (Phi) is 12.4. The summed E-state index contributed by atoms with van der Waals surface area (Å²) in [5.41, 5.74) is -1.36. The first-order valence-electron chi connectivity index (χ1n) is 16.2. The number of carbonyl (C=O) groups excluding carboxylic acids is 1. The molecule has 280 valence electrons. The van der Waals surface area contributed by atoms with Gasteiger partial charge in [-0.25, -0.2) is 15.0 Å². The Morgan fingerprint density at radius 2 is 1.60 bits per heavy atom. The van der Waals surface area contributed by atoms with Crippen molar-refractivity contribution in [3.05, 3.63) is 101 Å². The molecule has 0 unspecified atom stereocenters. The summed E-state index contributed by atoms with van der Waals surface area (Å²) in [5, 5.41) is 9.49. The van der Waals surface area contributed by atoms with E-state index >= 15 is 0 Å². The number of methoxy groups -OCH3 is 1. The van der Waals surface area contributed by atoms with Gasteiger partial charge in [-0.3, -0.25) is 4.79 Å². The number of rotatable bonds is 13. The Bertz CT molecular complexity index is 1980. The highest BCUT2D eigenvalue weighted by atomic mass is 19.4. The number of nitriles is 1.